The van der Waals surface area contributed by atoms with Gasteiger partial charge >= 0.3 is 12.0 Å². The first-order chi connectivity index (χ1) is 13.9. The van der Waals surface area contributed by atoms with Gasteiger partial charge in [-0.05, 0) is 38.6 Å². The quantitative estimate of drug-likeness (QED) is 0.735. The molecular formula is C21H29FN4O3. The number of carbonyl (C=O) groups excluding carboxylic acids is 2. The monoisotopic (exact) mass is 404 g/mol. The van der Waals surface area contributed by atoms with Crippen molar-refractivity contribution < 1.29 is 18.7 Å². The fraction of sp³-hybridized carbons (Fsp3) is 0.524. The minimum Gasteiger partial charge on any atom is -0.463 e. The Morgan fingerprint density at radius 1 is 1.24 bits per heavy atom. The van der Waals surface area contributed by atoms with Crippen LogP contribution in [0.2, 0.25) is 0 Å². The summed E-state index contributed by atoms with van der Waals surface area (Å²) in [5, 5.41) is 2.86. The lowest BCUT2D eigenvalue weighted by molar-refractivity contribution is -0.139. The largest absolute Gasteiger partial charge is 0.463 e. The van der Waals surface area contributed by atoms with Crippen molar-refractivity contribution in [3.05, 3.63) is 46.9 Å². The average molecular weight is 404 g/mol. The molecule has 1 atom stereocenters. The van der Waals surface area contributed by atoms with Gasteiger partial charge in [0, 0.05) is 45.0 Å². The number of halogens is 1. The molecule has 0 unspecified atom stereocenters. The zero-order valence-corrected chi connectivity index (χ0v) is 17.3. The second-order valence-electron chi connectivity index (χ2n) is 7.34. The molecule has 2 amide bonds. The lowest BCUT2D eigenvalue weighted by atomic mass is 9.94. The molecule has 2 aliphatic heterocycles. The Morgan fingerprint density at radius 2 is 1.97 bits per heavy atom. The third kappa shape index (κ3) is 4.76. The summed E-state index contributed by atoms with van der Waals surface area (Å²) in [6, 6.07) is 4.93. The highest BCUT2D eigenvalue weighted by atomic mass is 19.1. The maximum atomic E-state index is 13.9. The maximum Gasteiger partial charge on any atom is 0.338 e. The van der Waals surface area contributed by atoms with Crippen molar-refractivity contribution in [3.8, 4) is 0 Å². The molecule has 7 nitrogen and oxygen atoms in total. The molecule has 1 aromatic carbocycles. The smallest absolute Gasteiger partial charge is 0.338 e. The number of hydrogen-bond acceptors (Lipinski definition) is 5. The molecule has 158 valence electrons. The molecule has 0 radical (unpaired) electrons. The number of hydrogen-bond donors (Lipinski definition) is 1. The average Bonchev–Trinajstić information content (AvgIpc) is 2.69. The Kier molecular flexibility index (Phi) is 6.87. The van der Waals surface area contributed by atoms with E-state index in [1.807, 2.05) is 6.92 Å². The van der Waals surface area contributed by atoms with Gasteiger partial charge in [-0.15, -0.1) is 0 Å². The first kappa shape index (κ1) is 21.3. The summed E-state index contributed by atoms with van der Waals surface area (Å²) in [4.78, 5) is 31.9. The molecule has 1 fully saturated rings. The van der Waals surface area contributed by atoms with E-state index in [2.05, 4.69) is 22.2 Å². The van der Waals surface area contributed by atoms with Crippen molar-refractivity contribution in [2.24, 2.45) is 0 Å². The molecule has 0 bridgehead atoms. The third-order valence-electron chi connectivity index (χ3n) is 5.40. The van der Waals surface area contributed by atoms with E-state index in [0.29, 0.717) is 29.9 Å². The second-order valence-corrected chi connectivity index (χ2v) is 7.34. The van der Waals surface area contributed by atoms with Gasteiger partial charge in [0.1, 0.15) is 5.82 Å². The molecule has 29 heavy (non-hydrogen) atoms. The van der Waals surface area contributed by atoms with Gasteiger partial charge in [-0.2, -0.15) is 0 Å². The van der Waals surface area contributed by atoms with E-state index in [-0.39, 0.29) is 12.6 Å². The summed E-state index contributed by atoms with van der Waals surface area (Å²) < 4.78 is 19.2. The van der Waals surface area contributed by atoms with Crippen molar-refractivity contribution in [2.75, 3.05) is 52.9 Å². The number of benzene rings is 1. The molecule has 0 aliphatic carbocycles. The second kappa shape index (κ2) is 9.37. The Bertz CT molecular complexity index is 790. The SMILES string of the molecule is CCOC(=O)C1=C(CN2CCN(C)CC2)N(CC)C(=O)N[C@@H]1c1cccc(F)c1. The van der Waals surface area contributed by atoms with Gasteiger partial charge in [0.15, 0.2) is 0 Å². The van der Waals surface area contributed by atoms with Gasteiger partial charge < -0.3 is 15.0 Å². The van der Waals surface area contributed by atoms with E-state index in [4.69, 9.17) is 4.74 Å². The molecule has 0 saturated carbocycles. The summed E-state index contributed by atoms with van der Waals surface area (Å²) in [6.07, 6.45) is 0. The van der Waals surface area contributed by atoms with E-state index in [1.165, 1.54) is 12.1 Å². The van der Waals surface area contributed by atoms with Crippen molar-refractivity contribution in [3.63, 3.8) is 0 Å². The van der Waals surface area contributed by atoms with E-state index in [9.17, 15) is 14.0 Å². The first-order valence-corrected chi connectivity index (χ1v) is 10.1. The fourth-order valence-corrected chi connectivity index (χ4v) is 3.81. The summed E-state index contributed by atoms with van der Waals surface area (Å²) in [5.41, 5.74) is 1.53. The van der Waals surface area contributed by atoms with Crippen LogP contribution in [-0.4, -0.2) is 79.6 Å². The number of amides is 2. The first-order valence-electron chi connectivity index (χ1n) is 10.1. The minimum absolute atomic E-state index is 0.222. The number of piperazine rings is 1. The van der Waals surface area contributed by atoms with Crippen LogP contribution in [0.25, 0.3) is 0 Å². The molecule has 1 aromatic rings. The number of urea groups is 1. The van der Waals surface area contributed by atoms with Crippen LogP contribution in [-0.2, 0) is 9.53 Å². The summed E-state index contributed by atoms with van der Waals surface area (Å²) in [7, 11) is 2.08. The molecule has 0 aromatic heterocycles. The molecule has 8 heteroatoms. The normalized spacial score (nSPS) is 21.3. The van der Waals surface area contributed by atoms with Crippen molar-refractivity contribution in [1.82, 2.24) is 20.0 Å². The molecule has 3 rings (SSSR count). The van der Waals surface area contributed by atoms with Gasteiger partial charge in [0.05, 0.1) is 18.2 Å². The van der Waals surface area contributed by atoms with E-state index in [1.54, 1.807) is 24.0 Å². The van der Waals surface area contributed by atoms with Crippen molar-refractivity contribution >= 4 is 12.0 Å². The molecule has 1 N–H and O–H groups in total. The van der Waals surface area contributed by atoms with Crippen LogP contribution >= 0.6 is 0 Å². The molecular weight excluding hydrogens is 375 g/mol. The van der Waals surface area contributed by atoms with Crippen molar-refractivity contribution in [2.45, 2.75) is 19.9 Å². The lowest BCUT2D eigenvalue weighted by Crippen LogP contribution is -2.52. The van der Waals surface area contributed by atoms with Gasteiger partial charge in [-0.1, -0.05) is 12.1 Å². The zero-order valence-electron chi connectivity index (χ0n) is 17.3. The topological polar surface area (TPSA) is 65.1 Å². The molecule has 2 heterocycles. The van der Waals surface area contributed by atoms with Gasteiger partial charge in [-0.25, -0.2) is 14.0 Å². The number of nitrogens with one attached hydrogen (secondary N) is 1. The number of likely N-dealkylation sites (N-methyl/N-ethyl adjacent to an activating group) is 2. The van der Waals surface area contributed by atoms with Crippen LogP contribution in [0.5, 0.6) is 0 Å². The number of esters is 1. The summed E-state index contributed by atoms with van der Waals surface area (Å²) >= 11 is 0. The number of carbonyl (C=O) groups is 2. The Hall–Kier alpha value is -2.45. The van der Waals surface area contributed by atoms with Crippen LogP contribution in [0, 0.1) is 5.82 Å². The number of nitrogens with zero attached hydrogens (tertiary/aromatic N) is 3. The van der Waals surface area contributed by atoms with E-state index >= 15 is 0 Å². The van der Waals surface area contributed by atoms with Crippen molar-refractivity contribution in [1.29, 1.82) is 0 Å². The highest BCUT2D eigenvalue weighted by Crippen LogP contribution is 2.32. The van der Waals surface area contributed by atoms with Crippen LogP contribution < -0.4 is 5.32 Å². The lowest BCUT2D eigenvalue weighted by Gasteiger charge is -2.40. The predicted octanol–water partition coefficient (Wildman–Crippen LogP) is 1.98. The third-order valence-corrected chi connectivity index (χ3v) is 5.40. The summed E-state index contributed by atoms with van der Waals surface area (Å²) in [6.45, 7) is 8.27. The fourth-order valence-electron chi connectivity index (χ4n) is 3.81. The Balaban J connectivity index is 2.05. The number of ether oxygens (including phenoxy) is 1. The highest BCUT2D eigenvalue weighted by molar-refractivity contribution is 5.95. The van der Waals surface area contributed by atoms with Gasteiger partial charge in [-0.3, -0.25) is 9.80 Å². The van der Waals surface area contributed by atoms with E-state index < -0.39 is 17.8 Å². The molecule has 0 spiro atoms. The van der Waals surface area contributed by atoms with Crippen LogP contribution in [0.3, 0.4) is 0 Å². The standard InChI is InChI=1S/C21H29FN4O3/c1-4-26-17(14-25-11-9-24(3)10-12-25)18(20(27)29-5-2)19(23-21(26)28)15-7-6-8-16(22)13-15/h6-8,13,19H,4-5,9-12,14H2,1-3H3,(H,23,28)/t19-/m1/s1. The van der Waals surface area contributed by atoms with E-state index in [0.717, 1.165) is 26.2 Å². The number of rotatable bonds is 6. The molecule has 1 saturated heterocycles. The predicted molar refractivity (Wildman–Crippen MR) is 108 cm³/mol. The Labute approximate surface area is 171 Å². The summed E-state index contributed by atoms with van der Waals surface area (Å²) in [5.74, 6) is -0.900. The van der Waals surface area contributed by atoms with Crippen LogP contribution in [0.4, 0.5) is 9.18 Å². The Morgan fingerprint density at radius 3 is 2.59 bits per heavy atom. The van der Waals surface area contributed by atoms with Gasteiger partial charge in [0.25, 0.3) is 0 Å². The minimum atomic E-state index is -0.748. The van der Waals surface area contributed by atoms with Gasteiger partial charge in [0.2, 0.25) is 0 Å². The highest BCUT2D eigenvalue weighted by Gasteiger charge is 2.38. The maximum absolute atomic E-state index is 13.9. The van der Waals surface area contributed by atoms with Crippen LogP contribution in [0.15, 0.2) is 35.5 Å². The molecule has 2 aliphatic rings. The zero-order chi connectivity index (χ0) is 21.0. The van der Waals surface area contributed by atoms with Crippen LogP contribution in [0.1, 0.15) is 25.5 Å².